The first-order valence-electron chi connectivity index (χ1n) is 5.81. The summed E-state index contributed by atoms with van der Waals surface area (Å²) in [7, 11) is 2.13. The minimum atomic E-state index is -0.119. The van der Waals surface area contributed by atoms with Crippen LogP contribution in [-0.4, -0.2) is 37.1 Å². The first-order chi connectivity index (χ1) is 7.59. The van der Waals surface area contributed by atoms with Gasteiger partial charge in [-0.15, -0.1) is 0 Å². The predicted molar refractivity (Wildman–Crippen MR) is 65.3 cm³/mol. The number of hydrogen-bond acceptors (Lipinski definition) is 2. The van der Waals surface area contributed by atoms with E-state index < -0.39 is 0 Å². The molecule has 1 aromatic rings. The molecule has 0 amide bonds. The zero-order valence-corrected chi connectivity index (χ0v) is 10.2. The SMILES string of the molecule is C[C@@H]1CN(c2ccccc2F)C[C@H](C)N1C. The van der Waals surface area contributed by atoms with Crippen LogP contribution in [0.2, 0.25) is 0 Å². The second kappa shape index (κ2) is 4.42. The highest BCUT2D eigenvalue weighted by Crippen LogP contribution is 2.23. The number of nitrogens with zero attached hydrogens (tertiary/aromatic N) is 2. The molecule has 0 aromatic heterocycles. The number of rotatable bonds is 1. The summed E-state index contributed by atoms with van der Waals surface area (Å²) in [4.78, 5) is 4.49. The molecule has 1 aliphatic rings. The molecule has 1 saturated heterocycles. The monoisotopic (exact) mass is 222 g/mol. The zero-order valence-electron chi connectivity index (χ0n) is 10.2. The molecule has 0 saturated carbocycles. The molecular weight excluding hydrogens is 203 g/mol. The molecule has 1 heterocycles. The molecule has 2 rings (SSSR count). The molecule has 16 heavy (non-hydrogen) atoms. The highest BCUT2D eigenvalue weighted by molar-refractivity contribution is 5.48. The number of anilines is 1. The second-order valence-electron chi connectivity index (χ2n) is 4.72. The van der Waals surface area contributed by atoms with Gasteiger partial charge in [-0.1, -0.05) is 12.1 Å². The van der Waals surface area contributed by atoms with E-state index in [0.29, 0.717) is 12.1 Å². The van der Waals surface area contributed by atoms with E-state index in [1.807, 2.05) is 12.1 Å². The largest absolute Gasteiger partial charge is 0.366 e. The van der Waals surface area contributed by atoms with Crippen molar-refractivity contribution < 1.29 is 4.39 Å². The Morgan fingerprint density at radius 2 is 1.69 bits per heavy atom. The van der Waals surface area contributed by atoms with Crippen molar-refractivity contribution in [2.75, 3.05) is 25.0 Å². The third kappa shape index (κ3) is 2.05. The van der Waals surface area contributed by atoms with Gasteiger partial charge in [0.15, 0.2) is 0 Å². The highest BCUT2D eigenvalue weighted by Gasteiger charge is 2.27. The summed E-state index contributed by atoms with van der Waals surface area (Å²) in [6.07, 6.45) is 0. The Labute approximate surface area is 96.7 Å². The van der Waals surface area contributed by atoms with E-state index in [0.717, 1.165) is 18.8 Å². The van der Waals surface area contributed by atoms with E-state index in [2.05, 4.69) is 30.7 Å². The van der Waals surface area contributed by atoms with E-state index in [9.17, 15) is 4.39 Å². The summed E-state index contributed by atoms with van der Waals surface area (Å²) >= 11 is 0. The predicted octanol–water partition coefficient (Wildman–Crippen LogP) is 2.35. The molecule has 0 radical (unpaired) electrons. The summed E-state index contributed by atoms with van der Waals surface area (Å²) in [5, 5.41) is 0. The number of hydrogen-bond donors (Lipinski definition) is 0. The molecule has 0 bridgehead atoms. The Kier molecular flexibility index (Phi) is 3.15. The van der Waals surface area contributed by atoms with Crippen LogP contribution in [0, 0.1) is 5.82 Å². The van der Waals surface area contributed by atoms with Gasteiger partial charge in [-0.05, 0) is 33.0 Å². The lowest BCUT2D eigenvalue weighted by Crippen LogP contribution is -2.55. The molecule has 1 fully saturated rings. The van der Waals surface area contributed by atoms with Crippen LogP contribution in [0.1, 0.15) is 13.8 Å². The van der Waals surface area contributed by atoms with Crippen LogP contribution in [0.5, 0.6) is 0 Å². The quantitative estimate of drug-likeness (QED) is 0.719. The Bertz CT molecular complexity index is 355. The van der Waals surface area contributed by atoms with Gasteiger partial charge >= 0.3 is 0 Å². The molecule has 1 aromatic carbocycles. The van der Waals surface area contributed by atoms with Crippen LogP contribution in [0.15, 0.2) is 24.3 Å². The van der Waals surface area contributed by atoms with Crippen LogP contribution in [0.3, 0.4) is 0 Å². The highest BCUT2D eigenvalue weighted by atomic mass is 19.1. The minimum Gasteiger partial charge on any atom is -0.366 e. The molecule has 88 valence electrons. The summed E-state index contributed by atoms with van der Waals surface area (Å²) in [6, 6.07) is 7.95. The van der Waals surface area contributed by atoms with E-state index in [1.54, 1.807) is 6.07 Å². The van der Waals surface area contributed by atoms with E-state index in [1.165, 1.54) is 6.07 Å². The Morgan fingerprint density at radius 3 is 2.25 bits per heavy atom. The lowest BCUT2D eigenvalue weighted by atomic mass is 10.1. The average Bonchev–Trinajstić information content (AvgIpc) is 2.26. The fraction of sp³-hybridized carbons (Fsp3) is 0.538. The summed E-state index contributed by atoms with van der Waals surface area (Å²) < 4.78 is 13.7. The molecule has 2 nitrogen and oxygen atoms in total. The van der Waals surface area contributed by atoms with Gasteiger partial charge in [-0.2, -0.15) is 0 Å². The van der Waals surface area contributed by atoms with Gasteiger partial charge in [0.2, 0.25) is 0 Å². The number of likely N-dealkylation sites (N-methyl/N-ethyl adjacent to an activating group) is 1. The molecule has 0 spiro atoms. The normalized spacial score (nSPS) is 27.1. The maximum absolute atomic E-state index is 13.7. The van der Waals surface area contributed by atoms with Gasteiger partial charge in [0, 0.05) is 25.2 Å². The molecular formula is C13H19FN2. The molecule has 0 unspecified atom stereocenters. The van der Waals surface area contributed by atoms with E-state index >= 15 is 0 Å². The number of halogens is 1. The first-order valence-corrected chi connectivity index (χ1v) is 5.81. The zero-order chi connectivity index (χ0) is 11.7. The van der Waals surface area contributed by atoms with Crippen LogP contribution in [-0.2, 0) is 0 Å². The van der Waals surface area contributed by atoms with Gasteiger partial charge in [0.05, 0.1) is 5.69 Å². The van der Waals surface area contributed by atoms with Crippen molar-refractivity contribution in [3.63, 3.8) is 0 Å². The van der Waals surface area contributed by atoms with Crippen molar-refractivity contribution in [1.29, 1.82) is 0 Å². The van der Waals surface area contributed by atoms with Crippen LogP contribution >= 0.6 is 0 Å². The molecule has 3 heteroatoms. The fourth-order valence-electron chi connectivity index (χ4n) is 2.31. The smallest absolute Gasteiger partial charge is 0.146 e. The number of benzene rings is 1. The molecule has 1 aliphatic heterocycles. The van der Waals surface area contributed by atoms with Crippen LogP contribution < -0.4 is 4.90 Å². The van der Waals surface area contributed by atoms with Gasteiger partial charge in [0.1, 0.15) is 5.82 Å². The lowest BCUT2D eigenvalue weighted by Gasteiger charge is -2.43. The Hall–Kier alpha value is -1.09. The Morgan fingerprint density at radius 1 is 1.12 bits per heavy atom. The van der Waals surface area contributed by atoms with E-state index in [-0.39, 0.29) is 5.82 Å². The van der Waals surface area contributed by atoms with Crippen molar-refractivity contribution in [3.8, 4) is 0 Å². The van der Waals surface area contributed by atoms with Crippen molar-refractivity contribution in [2.24, 2.45) is 0 Å². The van der Waals surface area contributed by atoms with Crippen molar-refractivity contribution in [3.05, 3.63) is 30.1 Å². The second-order valence-corrected chi connectivity index (χ2v) is 4.72. The number of para-hydroxylation sites is 1. The number of piperazine rings is 1. The van der Waals surface area contributed by atoms with E-state index in [4.69, 9.17) is 0 Å². The van der Waals surface area contributed by atoms with Crippen molar-refractivity contribution >= 4 is 5.69 Å². The minimum absolute atomic E-state index is 0.119. The molecule has 0 aliphatic carbocycles. The van der Waals surface area contributed by atoms with Crippen LogP contribution in [0.25, 0.3) is 0 Å². The molecule has 2 atom stereocenters. The topological polar surface area (TPSA) is 6.48 Å². The first kappa shape index (κ1) is 11.4. The van der Waals surface area contributed by atoms with Crippen molar-refractivity contribution in [2.45, 2.75) is 25.9 Å². The summed E-state index contributed by atoms with van der Waals surface area (Å²) in [5.74, 6) is -0.119. The third-order valence-electron chi connectivity index (χ3n) is 3.55. The lowest BCUT2D eigenvalue weighted by molar-refractivity contribution is 0.169. The van der Waals surface area contributed by atoms with Crippen LogP contribution in [0.4, 0.5) is 10.1 Å². The van der Waals surface area contributed by atoms with Crippen molar-refractivity contribution in [1.82, 2.24) is 4.90 Å². The summed E-state index contributed by atoms with van der Waals surface area (Å²) in [5.41, 5.74) is 0.731. The molecule has 0 N–H and O–H groups in total. The van der Waals surface area contributed by atoms with Gasteiger partial charge in [-0.25, -0.2) is 4.39 Å². The average molecular weight is 222 g/mol. The Balaban J connectivity index is 2.20. The van der Waals surface area contributed by atoms with Gasteiger partial charge in [-0.3, -0.25) is 4.90 Å². The maximum Gasteiger partial charge on any atom is 0.146 e. The van der Waals surface area contributed by atoms with Gasteiger partial charge in [0.25, 0.3) is 0 Å². The third-order valence-corrected chi connectivity index (χ3v) is 3.55. The maximum atomic E-state index is 13.7. The fourth-order valence-corrected chi connectivity index (χ4v) is 2.31. The standard InChI is InChI=1S/C13H19FN2/c1-10-8-16(9-11(2)15(10)3)13-7-5-4-6-12(13)14/h4-7,10-11H,8-9H2,1-3H3/t10-,11+. The summed E-state index contributed by atoms with van der Waals surface area (Å²) in [6.45, 7) is 6.15. The van der Waals surface area contributed by atoms with Gasteiger partial charge < -0.3 is 4.90 Å².